The van der Waals surface area contributed by atoms with Crippen LogP contribution in [0.25, 0.3) is 0 Å². The van der Waals surface area contributed by atoms with Gasteiger partial charge in [0.2, 0.25) is 0 Å². The zero-order chi connectivity index (χ0) is 23.2. The molecule has 0 amide bonds. The molecule has 0 radical (unpaired) electrons. The van der Waals surface area contributed by atoms with Gasteiger partial charge in [-0.25, -0.2) is 0 Å². The van der Waals surface area contributed by atoms with Gasteiger partial charge in [-0.3, -0.25) is 4.79 Å². The maximum atomic E-state index is 12.7. The van der Waals surface area contributed by atoms with Crippen LogP contribution in [0.5, 0.6) is 11.5 Å². The third-order valence-electron chi connectivity index (χ3n) is 6.29. The number of fused-ring (bicyclic) bond motifs is 1. The van der Waals surface area contributed by atoms with Crippen LogP contribution in [-0.4, -0.2) is 16.5 Å². The van der Waals surface area contributed by atoms with Gasteiger partial charge in [0.05, 0.1) is 12.0 Å². The molecular weight excluding hydrogens is 384 g/mol. The Balaban J connectivity index is 1.90. The van der Waals surface area contributed by atoms with Gasteiger partial charge in [-0.05, 0) is 104 Å². The van der Waals surface area contributed by atoms with Crippen molar-refractivity contribution in [3.05, 3.63) is 57.7 Å². The van der Waals surface area contributed by atoms with Gasteiger partial charge in [0.1, 0.15) is 17.1 Å². The number of ether oxygens (including phenoxy) is 1. The first-order chi connectivity index (χ1) is 14.5. The monoisotopic (exact) mass is 424 g/mol. The summed E-state index contributed by atoms with van der Waals surface area (Å²) in [7, 11) is 0. The Bertz CT molecular complexity index is 897. The topological polar surface area (TPSA) is 46.5 Å². The van der Waals surface area contributed by atoms with E-state index in [2.05, 4.69) is 45.9 Å². The Hall–Kier alpha value is -2.29. The van der Waals surface area contributed by atoms with E-state index in [0.717, 1.165) is 49.7 Å². The van der Waals surface area contributed by atoms with E-state index in [1.165, 1.54) is 16.7 Å². The summed E-state index contributed by atoms with van der Waals surface area (Å²) in [6.07, 6.45) is 13.4. The smallest absolute Gasteiger partial charge is 0.170 e. The molecular formula is C28H40O3. The number of allylic oxidation sites excluding steroid dienone is 6. The lowest BCUT2D eigenvalue weighted by molar-refractivity contribution is 0.0468. The van der Waals surface area contributed by atoms with Gasteiger partial charge in [0, 0.05) is 0 Å². The van der Waals surface area contributed by atoms with Crippen molar-refractivity contribution < 1.29 is 14.6 Å². The van der Waals surface area contributed by atoms with Crippen molar-refractivity contribution in [2.75, 3.05) is 0 Å². The fraction of sp³-hybridized carbons (Fsp3) is 0.536. The largest absolute Gasteiger partial charge is 0.508 e. The van der Waals surface area contributed by atoms with Crippen LogP contribution in [0.4, 0.5) is 0 Å². The lowest BCUT2D eigenvalue weighted by Crippen LogP contribution is -2.39. The number of hydrogen-bond donors (Lipinski definition) is 1. The summed E-state index contributed by atoms with van der Waals surface area (Å²) >= 11 is 0. The Morgan fingerprint density at radius 1 is 1.00 bits per heavy atom. The molecule has 0 bridgehead atoms. The number of ketones is 1. The number of carbonyl (C=O) groups excluding carboxylic acids is 1. The zero-order valence-electron chi connectivity index (χ0n) is 20.5. The van der Waals surface area contributed by atoms with Crippen molar-refractivity contribution in [2.45, 2.75) is 99.0 Å². The molecule has 0 saturated heterocycles. The number of carbonyl (C=O) groups is 1. The second-order valence-corrected chi connectivity index (χ2v) is 9.67. The van der Waals surface area contributed by atoms with Gasteiger partial charge in [-0.2, -0.15) is 0 Å². The van der Waals surface area contributed by atoms with E-state index in [1.54, 1.807) is 6.07 Å². The molecule has 1 aromatic carbocycles. The number of phenols is 1. The fourth-order valence-corrected chi connectivity index (χ4v) is 4.03. The second kappa shape index (κ2) is 10.8. The minimum Gasteiger partial charge on any atom is -0.508 e. The standard InChI is InChI=1S/C28H40O3/c1-19(2)11-8-12-20(3)13-9-14-21(4)15-10-16-28(7)18-26(30)24-17-25(29)22(5)23(6)27(24)31-28/h11,13,15,17,29H,8-10,12,14,16,18H2,1-7H3/b20-13+,21-15+. The molecule has 3 heteroatoms. The van der Waals surface area contributed by atoms with Gasteiger partial charge in [-0.15, -0.1) is 0 Å². The van der Waals surface area contributed by atoms with E-state index in [4.69, 9.17) is 4.74 Å². The van der Waals surface area contributed by atoms with Crippen LogP contribution in [0.2, 0.25) is 0 Å². The first-order valence-corrected chi connectivity index (χ1v) is 11.5. The van der Waals surface area contributed by atoms with Gasteiger partial charge in [0.15, 0.2) is 5.78 Å². The highest BCUT2D eigenvalue weighted by Crippen LogP contribution is 2.41. The Kier molecular flexibility index (Phi) is 8.73. The molecule has 1 aliphatic rings. The van der Waals surface area contributed by atoms with Crippen LogP contribution in [0.3, 0.4) is 0 Å². The van der Waals surface area contributed by atoms with E-state index >= 15 is 0 Å². The van der Waals surface area contributed by atoms with Crippen LogP contribution in [0.15, 0.2) is 41.0 Å². The van der Waals surface area contributed by atoms with E-state index in [-0.39, 0.29) is 11.5 Å². The predicted molar refractivity (Wildman–Crippen MR) is 130 cm³/mol. The molecule has 1 heterocycles. The number of aromatic hydroxyl groups is 1. The van der Waals surface area contributed by atoms with Crippen molar-refractivity contribution in [3.63, 3.8) is 0 Å². The molecule has 3 nitrogen and oxygen atoms in total. The van der Waals surface area contributed by atoms with E-state index in [0.29, 0.717) is 17.7 Å². The van der Waals surface area contributed by atoms with Crippen LogP contribution in [-0.2, 0) is 0 Å². The summed E-state index contributed by atoms with van der Waals surface area (Å²) in [6.45, 7) is 14.5. The Labute approximate surface area is 188 Å². The highest BCUT2D eigenvalue weighted by atomic mass is 16.5. The maximum Gasteiger partial charge on any atom is 0.170 e. The van der Waals surface area contributed by atoms with Gasteiger partial charge < -0.3 is 9.84 Å². The molecule has 0 spiro atoms. The molecule has 0 fully saturated rings. The summed E-state index contributed by atoms with van der Waals surface area (Å²) in [5, 5.41) is 10.1. The molecule has 1 aliphatic heterocycles. The highest BCUT2D eigenvalue weighted by Gasteiger charge is 2.37. The average Bonchev–Trinajstić information content (AvgIpc) is 2.67. The van der Waals surface area contributed by atoms with Crippen LogP contribution < -0.4 is 4.74 Å². The molecule has 31 heavy (non-hydrogen) atoms. The van der Waals surface area contributed by atoms with Crippen LogP contribution in [0.1, 0.15) is 101 Å². The number of phenolic OH excluding ortho intramolecular Hbond substituents is 1. The zero-order valence-corrected chi connectivity index (χ0v) is 20.5. The van der Waals surface area contributed by atoms with Crippen molar-refractivity contribution >= 4 is 5.78 Å². The molecule has 170 valence electrons. The number of Topliss-reactive ketones (excluding diaryl/α,β-unsaturated/α-hetero) is 1. The lowest BCUT2D eigenvalue weighted by Gasteiger charge is -2.36. The number of hydrogen-bond acceptors (Lipinski definition) is 3. The normalized spacial score (nSPS) is 19.1. The van der Waals surface area contributed by atoms with Crippen molar-refractivity contribution in [3.8, 4) is 11.5 Å². The molecule has 1 unspecified atom stereocenters. The minimum absolute atomic E-state index is 0.0524. The molecule has 1 atom stereocenters. The summed E-state index contributed by atoms with van der Waals surface area (Å²) in [6, 6.07) is 1.55. The Morgan fingerprint density at radius 2 is 1.58 bits per heavy atom. The van der Waals surface area contributed by atoms with E-state index in [1.807, 2.05) is 20.8 Å². The quantitative estimate of drug-likeness (QED) is 0.409. The van der Waals surface area contributed by atoms with E-state index < -0.39 is 5.60 Å². The summed E-state index contributed by atoms with van der Waals surface area (Å²) in [4.78, 5) is 12.7. The summed E-state index contributed by atoms with van der Waals surface area (Å²) < 4.78 is 6.33. The predicted octanol–water partition coefficient (Wildman–Crippen LogP) is 7.93. The minimum atomic E-state index is -0.504. The number of rotatable bonds is 9. The third kappa shape index (κ3) is 7.12. The van der Waals surface area contributed by atoms with Crippen molar-refractivity contribution in [2.24, 2.45) is 0 Å². The first kappa shape index (κ1) is 25.0. The lowest BCUT2D eigenvalue weighted by atomic mass is 9.86. The molecule has 0 aliphatic carbocycles. The maximum absolute atomic E-state index is 12.7. The average molecular weight is 425 g/mol. The summed E-state index contributed by atoms with van der Waals surface area (Å²) in [5.41, 5.74) is 5.87. The van der Waals surface area contributed by atoms with Gasteiger partial charge >= 0.3 is 0 Å². The van der Waals surface area contributed by atoms with Crippen molar-refractivity contribution in [1.29, 1.82) is 0 Å². The highest BCUT2D eigenvalue weighted by molar-refractivity contribution is 6.01. The van der Waals surface area contributed by atoms with E-state index in [9.17, 15) is 9.90 Å². The fourth-order valence-electron chi connectivity index (χ4n) is 4.03. The van der Waals surface area contributed by atoms with Crippen LogP contribution >= 0.6 is 0 Å². The van der Waals surface area contributed by atoms with Crippen molar-refractivity contribution in [1.82, 2.24) is 0 Å². The number of benzene rings is 1. The Morgan fingerprint density at radius 3 is 2.19 bits per heavy atom. The molecule has 2 rings (SSSR count). The molecule has 0 saturated carbocycles. The second-order valence-electron chi connectivity index (χ2n) is 9.67. The van der Waals surface area contributed by atoms with Crippen LogP contribution in [0, 0.1) is 13.8 Å². The first-order valence-electron chi connectivity index (χ1n) is 11.5. The molecule has 0 aromatic heterocycles. The van der Waals surface area contributed by atoms with Gasteiger partial charge in [-0.1, -0.05) is 34.9 Å². The molecule has 1 aromatic rings. The third-order valence-corrected chi connectivity index (χ3v) is 6.29. The molecule has 1 N–H and O–H groups in total. The van der Waals surface area contributed by atoms with Gasteiger partial charge in [0.25, 0.3) is 0 Å². The summed E-state index contributed by atoms with van der Waals surface area (Å²) in [5.74, 6) is 0.858. The SMILES string of the molecule is CC(C)=CCC/C(C)=C/CC/C(C)=C/CCC1(C)CC(=O)c2cc(O)c(C)c(C)c2O1.